The zero-order valence-corrected chi connectivity index (χ0v) is 18.6. The summed E-state index contributed by atoms with van der Waals surface area (Å²) in [6.45, 7) is 2.00. The number of aliphatic hydroxyl groups is 1. The molecule has 0 aliphatic carbocycles. The van der Waals surface area contributed by atoms with E-state index in [1.54, 1.807) is 22.9 Å². The Bertz CT molecular complexity index is 1140. The molecular formula is C24H27F2N3O4. The molecule has 1 N–H and O–H groups in total. The number of rotatable bonds is 8. The number of hydrogen-bond donors (Lipinski definition) is 1. The summed E-state index contributed by atoms with van der Waals surface area (Å²) >= 11 is 0. The quantitative estimate of drug-likeness (QED) is 0.494. The summed E-state index contributed by atoms with van der Waals surface area (Å²) in [5, 5.41) is 14.6. The summed E-state index contributed by atoms with van der Waals surface area (Å²) in [5.41, 5.74) is 2.33. The number of benzene rings is 1. The van der Waals surface area contributed by atoms with E-state index >= 15 is 0 Å². The molecule has 1 fully saturated rings. The van der Waals surface area contributed by atoms with Gasteiger partial charge in [0, 0.05) is 55.0 Å². The van der Waals surface area contributed by atoms with Crippen LogP contribution in [0.1, 0.15) is 49.5 Å². The molecular weight excluding hydrogens is 432 g/mol. The van der Waals surface area contributed by atoms with Crippen LogP contribution in [0.4, 0.5) is 8.78 Å². The van der Waals surface area contributed by atoms with E-state index in [9.17, 15) is 18.7 Å². The van der Waals surface area contributed by atoms with E-state index in [0.717, 1.165) is 0 Å². The minimum atomic E-state index is -2.92. The normalized spacial score (nSPS) is 16.0. The first-order valence-electron chi connectivity index (χ1n) is 11.0. The second-order valence-electron chi connectivity index (χ2n) is 8.76. The molecule has 9 heteroatoms. The fraction of sp³-hybridized carbons (Fsp3) is 0.458. The lowest BCUT2D eigenvalue weighted by molar-refractivity contribution is -0.0498. The Kier molecular flexibility index (Phi) is 6.71. The highest BCUT2D eigenvalue weighted by Crippen LogP contribution is 2.36. The van der Waals surface area contributed by atoms with Gasteiger partial charge in [-0.25, -0.2) is 0 Å². The predicted octanol–water partition coefficient (Wildman–Crippen LogP) is 4.64. The molecule has 0 saturated carbocycles. The van der Waals surface area contributed by atoms with Crippen molar-refractivity contribution >= 4 is 16.8 Å². The van der Waals surface area contributed by atoms with Gasteiger partial charge in [-0.1, -0.05) is 12.1 Å². The maximum atomic E-state index is 13.1. The topological polar surface area (TPSA) is 86.5 Å². The van der Waals surface area contributed by atoms with Crippen LogP contribution in [0, 0.1) is 5.41 Å². The number of halogens is 2. The van der Waals surface area contributed by atoms with Crippen molar-refractivity contribution in [2.24, 2.45) is 5.41 Å². The van der Waals surface area contributed by atoms with Crippen LogP contribution in [-0.4, -0.2) is 52.1 Å². The molecule has 4 rings (SSSR count). The van der Waals surface area contributed by atoms with Crippen molar-refractivity contribution < 1.29 is 28.2 Å². The lowest BCUT2D eigenvalue weighted by atomic mass is 9.76. The zero-order valence-electron chi connectivity index (χ0n) is 18.6. The maximum Gasteiger partial charge on any atom is 0.387 e. The fourth-order valence-electron chi connectivity index (χ4n) is 4.22. The van der Waals surface area contributed by atoms with Gasteiger partial charge in [-0.2, -0.15) is 13.9 Å². The Labute approximate surface area is 190 Å². The highest BCUT2D eigenvalue weighted by Gasteiger charge is 2.34. The van der Waals surface area contributed by atoms with E-state index in [4.69, 9.17) is 4.74 Å². The molecule has 1 aliphatic rings. The van der Waals surface area contributed by atoms with E-state index in [2.05, 4.69) is 14.8 Å². The molecule has 3 heterocycles. The van der Waals surface area contributed by atoms with Gasteiger partial charge in [0.1, 0.15) is 17.0 Å². The number of fused-ring (bicyclic) bond motifs is 1. The number of carbonyl (C=O) groups excluding carboxylic acids is 1. The highest BCUT2D eigenvalue weighted by atomic mass is 19.3. The number of alkyl halides is 2. The van der Waals surface area contributed by atoms with Crippen LogP contribution in [0.2, 0.25) is 0 Å². The summed E-state index contributed by atoms with van der Waals surface area (Å²) in [5.74, 6) is -0.0574. The Morgan fingerprint density at radius 2 is 2.03 bits per heavy atom. The number of ether oxygens (including phenoxy) is 2. The number of pyridine rings is 1. The van der Waals surface area contributed by atoms with Gasteiger partial charge in [0.2, 0.25) is 0 Å². The lowest BCUT2D eigenvalue weighted by Crippen LogP contribution is -2.35. The maximum absolute atomic E-state index is 13.1. The fourth-order valence-corrected chi connectivity index (χ4v) is 4.22. The number of carbonyl (C=O) groups is 1. The molecule has 0 amide bonds. The lowest BCUT2D eigenvalue weighted by Gasteiger charge is -2.34. The molecule has 0 unspecified atom stereocenters. The predicted molar refractivity (Wildman–Crippen MR) is 119 cm³/mol. The van der Waals surface area contributed by atoms with E-state index in [1.807, 2.05) is 13.8 Å². The summed E-state index contributed by atoms with van der Waals surface area (Å²) in [4.78, 5) is 17.7. The first-order valence-corrected chi connectivity index (χ1v) is 11.0. The van der Waals surface area contributed by atoms with Crippen LogP contribution in [0.25, 0.3) is 22.3 Å². The van der Waals surface area contributed by atoms with E-state index in [1.165, 1.54) is 18.3 Å². The van der Waals surface area contributed by atoms with Crippen molar-refractivity contribution in [2.75, 3.05) is 19.8 Å². The third-order valence-electron chi connectivity index (χ3n) is 6.11. The second kappa shape index (κ2) is 9.52. The Balaban J connectivity index is 1.71. The monoisotopic (exact) mass is 459 g/mol. The standard InChI is InChI=1S/C24H27F2N3O4/c1-15(2)29-19-11-17(20(31)12-24(14-30)6-8-32-9-7-24)13-27-22(19)21(28-29)16-4-3-5-18(10-16)33-23(25)26/h3-5,10-11,13,15,23,30H,6-9,12,14H2,1-2H3. The SMILES string of the molecule is CC(C)n1nc(-c2cccc(OC(F)F)c2)c2ncc(C(=O)CC3(CO)CCOCC3)cc21. The van der Waals surface area contributed by atoms with Crippen molar-refractivity contribution in [3.05, 3.63) is 42.1 Å². The Hall–Kier alpha value is -2.91. The van der Waals surface area contributed by atoms with Gasteiger partial charge >= 0.3 is 6.61 Å². The summed E-state index contributed by atoms with van der Waals surface area (Å²) in [6.07, 6.45) is 3.01. The minimum Gasteiger partial charge on any atom is -0.435 e. The van der Waals surface area contributed by atoms with Gasteiger partial charge in [-0.3, -0.25) is 14.5 Å². The molecule has 176 valence electrons. The molecule has 2 aromatic heterocycles. The van der Waals surface area contributed by atoms with Crippen molar-refractivity contribution in [3.8, 4) is 17.0 Å². The molecule has 0 radical (unpaired) electrons. The molecule has 0 spiro atoms. The van der Waals surface area contributed by atoms with Crippen molar-refractivity contribution in [3.63, 3.8) is 0 Å². The van der Waals surface area contributed by atoms with Crippen LogP contribution in [0.5, 0.6) is 5.75 Å². The summed E-state index contributed by atoms with van der Waals surface area (Å²) < 4.78 is 37.0. The van der Waals surface area contributed by atoms with E-state index < -0.39 is 12.0 Å². The largest absolute Gasteiger partial charge is 0.435 e. The van der Waals surface area contributed by atoms with Crippen LogP contribution in [0.15, 0.2) is 36.5 Å². The molecule has 7 nitrogen and oxygen atoms in total. The van der Waals surface area contributed by atoms with Gasteiger partial charge in [-0.15, -0.1) is 0 Å². The molecule has 0 bridgehead atoms. The first kappa shape index (κ1) is 23.3. The molecule has 1 saturated heterocycles. The smallest absolute Gasteiger partial charge is 0.387 e. The summed E-state index contributed by atoms with van der Waals surface area (Å²) in [6, 6.07) is 8.07. The Morgan fingerprint density at radius 3 is 2.70 bits per heavy atom. The third-order valence-corrected chi connectivity index (χ3v) is 6.11. The molecule has 33 heavy (non-hydrogen) atoms. The van der Waals surface area contributed by atoms with Gasteiger partial charge < -0.3 is 14.6 Å². The molecule has 0 atom stereocenters. The molecule has 1 aliphatic heterocycles. The highest BCUT2D eigenvalue weighted by molar-refractivity contribution is 6.00. The van der Waals surface area contributed by atoms with Gasteiger partial charge in [0.15, 0.2) is 5.78 Å². The van der Waals surface area contributed by atoms with Crippen LogP contribution < -0.4 is 4.74 Å². The number of aliphatic hydroxyl groups excluding tert-OH is 1. The third kappa shape index (κ3) is 4.89. The van der Waals surface area contributed by atoms with Gasteiger partial charge in [0.05, 0.1) is 5.52 Å². The number of nitrogens with zero attached hydrogens (tertiary/aromatic N) is 3. The first-order chi connectivity index (χ1) is 15.8. The van der Waals surface area contributed by atoms with Crippen LogP contribution >= 0.6 is 0 Å². The zero-order chi connectivity index (χ0) is 23.6. The van der Waals surface area contributed by atoms with Gasteiger partial charge in [-0.05, 0) is 44.9 Å². The minimum absolute atomic E-state index is 0.0202. The van der Waals surface area contributed by atoms with E-state index in [-0.39, 0.29) is 30.6 Å². The number of hydrogen-bond acceptors (Lipinski definition) is 6. The van der Waals surface area contributed by atoms with Gasteiger partial charge in [0.25, 0.3) is 0 Å². The Morgan fingerprint density at radius 1 is 1.27 bits per heavy atom. The van der Waals surface area contributed by atoms with Crippen molar-refractivity contribution in [1.82, 2.24) is 14.8 Å². The van der Waals surface area contributed by atoms with Crippen molar-refractivity contribution in [1.29, 1.82) is 0 Å². The molecule has 1 aromatic carbocycles. The number of aromatic nitrogens is 3. The molecule has 3 aromatic rings. The average Bonchev–Trinajstić information content (AvgIpc) is 3.18. The second-order valence-corrected chi connectivity index (χ2v) is 8.76. The number of Topliss-reactive ketones (excluding diaryl/α,β-unsaturated/α-hetero) is 1. The van der Waals surface area contributed by atoms with Crippen LogP contribution in [0.3, 0.4) is 0 Å². The van der Waals surface area contributed by atoms with Crippen LogP contribution in [-0.2, 0) is 4.74 Å². The van der Waals surface area contributed by atoms with E-state index in [0.29, 0.717) is 53.9 Å². The number of ketones is 1. The van der Waals surface area contributed by atoms with Crippen molar-refractivity contribution in [2.45, 2.75) is 45.8 Å². The average molecular weight is 459 g/mol. The summed E-state index contributed by atoms with van der Waals surface area (Å²) in [7, 11) is 0.